The molecular weight excluding hydrogens is 845 g/mol. The molecule has 12 atom stereocenters. The van der Waals surface area contributed by atoms with Crippen LogP contribution in [0.25, 0.3) is 29.2 Å². The van der Waals surface area contributed by atoms with Crippen LogP contribution in [-0.2, 0) is 42.9 Å². The first-order valence-corrected chi connectivity index (χ1v) is 21.9. The van der Waals surface area contributed by atoms with Crippen LogP contribution in [0.3, 0.4) is 0 Å². The van der Waals surface area contributed by atoms with E-state index in [-0.39, 0.29) is 60.5 Å². The number of fused-ring (bicyclic) bond motifs is 8. The third-order valence-electron chi connectivity index (χ3n) is 12.0. The van der Waals surface area contributed by atoms with Gasteiger partial charge in [-0.1, -0.05) is 52.8 Å². The van der Waals surface area contributed by atoms with Crippen LogP contribution in [0.4, 0.5) is 0 Å². The number of allylic oxidation sites excluding steroid dienone is 1. The van der Waals surface area contributed by atoms with Gasteiger partial charge in [-0.25, -0.2) is 15.0 Å². The molecule has 0 saturated heterocycles. The molecule has 4 heterocycles. The predicted octanol–water partition coefficient (Wildman–Crippen LogP) is 6.54. The maximum Gasteiger partial charge on any atom is 0.308 e. The quantitative estimate of drug-likeness (QED) is 0.115. The van der Waals surface area contributed by atoms with Gasteiger partial charge in [0.25, 0.3) is 0 Å². The average molecular weight is 911 g/mol. The number of ketones is 1. The van der Waals surface area contributed by atoms with E-state index in [0.717, 1.165) is 0 Å². The lowest BCUT2D eigenvalue weighted by atomic mass is 9.83. The minimum Gasteiger partial charge on any atom is -0.462 e. The summed E-state index contributed by atoms with van der Waals surface area (Å²) in [6.45, 7) is 10.6. The highest BCUT2D eigenvalue weighted by Crippen LogP contribution is 2.32. The van der Waals surface area contributed by atoms with Gasteiger partial charge >= 0.3 is 11.9 Å². The molecule has 18 heteroatoms. The number of amides is 1. The molecular formula is C47H66N4O14. The van der Waals surface area contributed by atoms with Crippen LogP contribution in [0.1, 0.15) is 97.8 Å². The van der Waals surface area contributed by atoms with Crippen LogP contribution in [-0.4, -0.2) is 119 Å². The minimum atomic E-state index is -1.15. The van der Waals surface area contributed by atoms with Crippen molar-refractivity contribution in [2.45, 2.75) is 123 Å². The summed E-state index contributed by atoms with van der Waals surface area (Å²) >= 11 is 0. The Hall–Kier alpha value is -5.27. The monoisotopic (exact) mass is 910 g/mol. The summed E-state index contributed by atoms with van der Waals surface area (Å²) in [6, 6.07) is 0. The number of esters is 2. The second-order valence-corrected chi connectivity index (χ2v) is 16.9. The zero-order chi connectivity index (χ0) is 47.8. The second-order valence-electron chi connectivity index (χ2n) is 16.9. The first kappa shape index (κ1) is 52.4. The summed E-state index contributed by atoms with van der Waals surface area (Å²) in [5.74, 6) is -2.79. The SMILES string of the molecule is CO[C@H]1C/C=C/c2nc(co2)-c2nc(co2)-c2nc(co2)[C@@H](OC)[C@@H](C)C(=O)/C=C/C[C@H](O)CC(=O)O[C@@H](C[C@H](OC)[C@@H](C)CC[C@@H](O)[C@H](C)[C@H](OC(C)=O)[C@H](C)/C=C/N(C)C=O)[C@@H]1C. The van der Waals surface area contributed by atoms with Crippen molar-refractivity contribution in [2.75, 3.05) is 28.4 Å². The Kier molecular flexibility index (Phi) is 20.5. The maximum atomic E-state index is 13.5. The zero-order valence-electron chi connectivity index (χ0n) is 39.0. The lowest BCUT2D eigenvalue weighted by molar-refractivity contribution is -0.159. The van der Waals surface area contributed by atoms with Crippen molar-refractivity contribution < 1.29 is 66.3 Å². The molecule has 3 aromatic rings. The topological polar surface area (TPSA) is 236 Å². The molecule has 0 aliphatic carbocycles. The molecule has 358 valence electrons. The number of carbonyl (C=O) groups excluding carboxylic acids is 4. The molecule has 1 aliphatic rings. The van der Waals surface area contributed by atoms with Crippen LogP contribution in [0.5, 0.6) is 0 Å². The number of ether oxygens (including phenoxy) is 5. The molecule has 4 rings (SSSR count). The van der Waals surface area contributed by atoms with E-state index in [4.69, 9.17) is 36.9 Å². The van der Waals surface area contributed by atoms with E-state index in [9.17, 15) is 29.4 Å². The smallest absolute Gasteiger partial charge is 0.308 e. The Balaban J connectivity index is 1.55. The number of carbonyl (C=O) groups is 4. The van der Waals surface area contributed by atoms with Crippen molar-refractivity contribution in [3.8, 4) is 23.2 Å². The lowest BCUT2D eigenvalue weighted by Gasteiger charge is -2.34. The number of rotatable bonds is 16. The molecule has 1 aliphatic heterocycles. The van der Waals surface area contributed by atoms with Gasteiger partial charge in [-0.15, -0.1) is 0 Å². The summed E-state index contributed by atoms with van der Waals surface area (Å²) in [4.78, 5) is 64.7. The number of hydrogen-bond donors (Lipinski definition) is 2. The molecule has 65 heavy (non-hydrogen) atoms. The number of aliphatic hydroxyl groups excluding tert-OH is 2. The van der Waals surface area contributed by atoms with Crippen molar-refractivity contribution >= 4 is 30.2 Å². The Morgan fingerprint density at radius 1 is 0.938 bits per heavy atom. The fraction of sp³-hybridized carbons (Fsp3) is 0.596. The third kappa shape index (κ3) is 15.1. The molecule has 6 bridgehead atoms. The van der Waals surface area contributed by atoms with Crippen molar-refractivity contribution in [2.24, 2.45) is 29.6 Å². The van der Waals surface area contributed by atoms with Gasteiger partial charge in [-0.05, 0) is 43.8 Å². The molecule has 1 amide bonds. The molecule has 3 aromatic heterocycles. The van der Waals surface area contributed by atoms with E-state index in [0.29, 0.717) is 42.8 Å². The Morgan fingerprint density at radius 2 is 1.62 bits per heavy atom. The van der Waals surface area contributed by atoms with Crippen LogP contribution >= 0.6 is 0 Å². The van der Waals surface area contributed by atoms with E-state index < -0.39 is 66.5 Å². The first-order valence-electron chi connectivity index (χ1n) is 21.9. The van der Waals surface area contributed by atoms with E-state index in [1.54, 1.807) is 46.5 Å². The van der Waals surface area contributed by atoms with E-state index in [1.807, 2.05) is 33.8 Å². The second kappa shape index (κ2) is 25.4. The Bertz CT molecular complexity index is 2060. The Labute approximate surface area is 380 Å². The fourth-order valence-corrected chi connectivity index (χ4v) is 7.83. The largest absolute Gasteiger partial charge is 0.462 e. The Morgan fingerprint density at radius 3 is 2.29 bits per heavy atom. The molecule has 0 spiro atoms. The predicted molar refractivity (Wildman–Crippen MR) is 236 cm³/mol. The number of cyclic esters (lactones) is 1. The van der Waals surface area contributed by atoms with Gasteiger partial charge in [0.1, 0.15) is 42.8 Å². The molecule has 0 fully saturated rings. The number of nitrogens with zero attached hydrogens (tertiary/aromatic N) is 4. The van der Waals surface area contributed by atoms with Gasteiger partial charge in [0.05, 0.1) is 36.8 Å². The molecule has 18 nitrogen and oxygen atoms in total. The first-order chi connectivity index (χ1) is 31.0. The molecule has 0 aromatic carbocycles. The van der Waals surface area contributed by atoms with Crippen LogP contribution in [0.2, 0.25) is 0 Å². The van der Waals surface area contributed by atoms with Gasteiger partial charge in [0.15, 0.2) is 17.2 Å². The standard InChI is InChI=1S/C47H66N4O14/c1-27(17-18-38(56)29(3)44(64-32(6)53)28(2)19-20-51(7)26-52)40(59-9)22-41-31(5)39(58-8)15-12-16-42-48-35(24-61-42)46-50-36(25-63-46)47-49-34(23-62-47)45(60-10)30(4)37(55)14-11-13-33(54)21-43(57)65-41/h11-12,14,16,19-20,23-31,33,38-41,44-45,54,56H,13,15,17-18,21-22H2,1-10H3/b14-11+,16-12+,20-19+/t27-,28+,29-,30-,31+,33-,38+,39-,40-,41-,44+,45-/m0/s1. The molecule has 0 saturated carbocycles. The maximum absolute atomic E-state index is 13.5. The average Bonchev–Trinajstić information content (AvgIpc) is 4.08. The van der Waals surface area contributed by atoms with Crippen molar-refractivity contribution in [1.29, 1.82) is 0 Å². The van der Waals surface area contributed by atoms with E-state index >= 15 is 0 Å². The van der Waals surface area contributed by atoms with Crippen molar-refractivity contribution in [3.05, 3.63) is 60.9 Å². The van der Waals surface area contributed by atoms with Gasteiger partial charge in [0.2, 0.25) is 24.1 Å². The summed E-state index contributed by atoms with van der Waals surface area (Å²) in [5, 5.41) is 22.3. The normalized spacial score (nSPS) is 25.2. The van der Waals surface area contributed by atoms with Crippen LogP contribution < -0.4 is 0 Å². The van der Waals surface area contributed by atoms with E-state index in [2.05, 4.69) is 15.0 Å². The number of aliphatic hydroxyl groups is 2. The van der Waals surface area contributed by atoms with Gasteiger partial charge in [-0.2, -0.15) is 0 Å². The van der Waals surface area contributed by atoms with Crippen molar-refractivity contribution in [1.82, 2.24) is 19.9 Å². The number of aromatic nitrogens is 3. The van der Waals surface area contributed by atoms with Gasteiger partial charge < -0.3 is 52.0 Å². The highest BCUT2D eigenvalue weighted by Gasteiger charge is 2.35. The van der Waals surface area contributed by atoms with E-state index in [1.165, 1.54) is 49.9 Å². The lowest BCUT2D eigenvalue weighted by Crippen LogP contribution is -2.39. The summed E-state index contributed by atoms with van der Waals surface area (Å²) in [6.07, 6.45) is 10.6. The van der Waals surface area contributed by atoms with Crippen molar-refractivity contribution in [3.63, 3.8) is 0 Å². The zero-order valence-corrected chi connectivity index (χ0v) is 39.0. The third-order valence-corrected chi connectivity index (χ3v) is 12.0. The fourth-order valence-electron chi connectivity index (χ4n) is 7.83. The molecule has 0 radical (unpaired) electrons. The molecule has 2 N–H and O–H groups in total. The van der Waals surface area contributed by atoms with Crippen LogP contribution in [0.15, 0.2) is 62.5 Å². The number of oxazole rings is 3. The number of methoxy groups -OCH3 is 3. The van der Waals surface area contributed by atoms with Crippen LogP contribution in [0, 0.1) is 29.6 Å². The summed E-state index contributed by atoms with van der Waals surface area (Å²) in [7, 11) is 6.19. The highest BCUT2D eigenvalue weighted by molar-refractivity contribution is 5.92. The molecule has 0 unspecified atom stereocenters. The van der Waals surface area contributed by atoms with Gasteiger partial charge in [-0.3, -0.25) is 19.2 Å². The minimum absolute atomic E-state index is 0.00353. The summed E-state index contributed by atoms with van der Waals surface area (Å²) < 4.78 is 46.4. The number of hydrogen-bond acceptors (Lipinski definition) is 17. The van der Waals surface area contributed by atoms with Gasteiger partial charge in [0, 0.05) is 65.7 Å². The highest BCUT2D eigenvalue weighted by atomic mass is 16.6. The summed E-state index contributed by atoms with van der Waals surface area (Å²) in [5.41, 5.74) is 0.991.